The van der Waals surface area contributed by atoms with Gasteiger partial charge in [-0.3, -0.25) is 10.1 Å². The zero-order chi connectivity index (χ0) is 13.8. The Labute approximate surface area is 128 Å². The molecule has 2 aliphatic rings. The predicted octanol–water partition coefficient (Wildman–Crippen LogP) is 1.84. The summed E-state index contributed by atoms with van der Waals surface area (Å²) in [4.78, 5) is 14.4. The monoisotopic (exact) mass is 308 g/mol. The second-order valence-electron chi connectivity index (χ2n) is 5.23. The molecule has 1 amide bonds. The molecule has 108 valence electrons. The van der Waals surface area contributed by atoms with Crippen molar-refractivity contribution in [2.45, 2.75) is 17.7 Å². The SMILES string of the molecule is O=C1C(Cc2ccccc2)NCN1CC1CSCCS1. The topological polar surface area (TPSA) is 32.3 Å². The van der Waals surface area contributed by atoms with E-state index in [1.54, 1.807) is 0 Å². The molecular weight excluding hydrogens is 288 g/mol. The van der Waals surface area contributed by atoms with E-state index < -0.39 is 0 Å². The average Bonchev–Trinajstić information content (AvgIpc) is 2.83. The van der Waals surface area contributed by atoms with E-state index in [0.717, 1.165) is 13.0 Å². The van der Waals surface area contributed by atoms with Gasteiger partial charge in [0, 0.05) is 29.1 Å². The number of hydrogen-bond acceptors (Lipinski definition) is 4. The van der Waals surface area contributed by atoms with Crippen LogP contribution < -0.4 is 5.32 Å². The first-order chi connectivity index (χ1) is 9.83. The highest BCUT2D eigenvalue weighted by molar-refractivity contribution is 8.06. The summed E-state index contributed by atoms with van der Waals surface area (Å²) in [5.74, 6) is 3.92. The first-order valence-electron chi connectivity index (χ1n) is 7.08. The van der Waals surface area contributed by atoms with Crippen LogP contribution in [0.25, 0.3) is 0 Å². The molecule has 3 rings (SSSR count). The van der Waals surface area contributed by atoms with Crippen molar-refractivity contribution < 1.29 is 4.79 Å². The molecule has 0 radical (unpaired) electrons. The van der Waals surface area contributed by atoms with E-state index in [0.29, 0.717) is 11.9 Å². The summed E-state index contributed by atoms with van der Waals surface area (Å²) in [6.07, 6.45) is 0.794. The first kappa shape index (κ1) is 14.3. The van der Waals surface area contributed by atoms with Crippen molar-refractivity contribution in [1.82, 2.24) is 10.2 Å². The molecule has 0 spiro atoms. The van der Waals surface area contributed by atoms with Crippen LogP contribution >= 0.6 is 23.5 Å². The minimum absolute atomic E-state index is 0.0429. The number of nitrogens with one attached hydrogen (secondary N) is 1. The van der Waals surface area contributed by atoms with Gasteiger partial charge >= 0.3 is 0 Å². The van der Waals surface area contributed by atoms with Gasteiger partial charge < -0.3 is 4.90 Å². The molecule has 1 aromatic rings. The Kier molecular flexibility index (Phi) is 4.91. The van der Waals surface area contributed by atoms with Gasteiger partial charge in [-0.1, -0.05) is 30.3 Å². The predicted molar refractivity (Wildman–Crippen MR) is 87.2 cm³/mol. The fourth-order valence-electron chi connectivity index (χ4n) is 2.66. The van der Waals surface area contributed by atoms with Gasteiger partial charge in [-0.25, -0.2) is 0 Å². The molecule has 3 nitrogen and oxygen atoms in total. The van der Waals surface area contributed by atoms with E-state index in [2.05, 4.69) is 17.4 Å². The summed E-state index contributed by atoms with van der Waals surface area (Å²) >= 11 is 4.03. The van der Waals surface area contributed by atoms with Crippen molar-refractivity contribution in [3.63, 3.8) is 0 Å². The lowest BCUT2D eigenvalue weighted by atomic mass is 10.1. The quantitative estimate of drug-likeness (QED) is 0.920. The number of nitrogens with zero attached hydrogens (tertiary/aromatic N) is 1. The lowest BCUT2D eigenvalue weighted by molar-refractivity contribution is -0.128. The van der Waals surface area contributed by atoms with Crippen molar-refractivity contribution in [3.05, 3.63) is 35.9 Å². The number of carbonyl (C=O) groups is 1. The van der Waals surface area contributed by atoms with Gasteiger partial charge in [0.2, 0.25) is 5.91 Å². The Morgan fingerprint density at radius 2 is 2.10 bits per heavy atom. The van der Waals surface area contributed by atoms with Crippen molar-refractivity contribution in [2.24, 2.45) is 0 Å². The molecule has 20 heavy (non-hydrogen) atoms. The van der Waals surface area contributed by atoms with Gasteiger partial charge in [-0.15, -0.1) is 0 Å². The Hall–Kier alpha value is -0.650. The second kappa shape index (κ2) is 6.87. The zero-order valence-corrected chi connectivity index (χ0v) is 13.1. The maximum atomic E-state index is 12.4. The van der Waals surface area contributed by atoms with E-state index in [4.69, 9.17) is 0 Å². The van der Waals surface area contributed by atoms with Crippen LogP contribution in [0.15, 0.2) is 30.3 Å². The smallest absolute Gasteiger partial charge is 0.241 e. The van der Waals surface area contributed by atoms with Gasteiger partial charge in [0.1, 0.15) is 0 Å². The van der Waals surface area contributed by atoms with Gasteiger partial charge in [0.15, 0.2) is 0 Å². The van der Waals surface area contributed by atoms with Crippen LogP contribution in [-0.4, -0.2) is 52.6 Å². The maximum absolute atomic E-state index is 12.4. The summed E-state index contributed by atoms with van der Waals surface area (Å²) in [5, 5.41) is 3.96. The zero-order valence-electron chi connectivity index (χ0n) is 11.5. The summed E-state index contributed by atoms with van der Waals surface area (Å²) in [5.41, 5.74) is 1.22. The number of rotatable bonds is 4. The minimum Gasteiger partial charge on any atom is -0.327 e. The first-order valence-corrected chi connectivity index (χ1v) is 9.29. The highest BCUT2D eigenvalue weighted by atomic mass is 32.2. The summed E-state index contributed by atoms with van der Waals surface area (Å²) in [6, 6.07) is 10.2. The number of hydrogen-bond donors (Lipinski definition) is 1. The molecule has 0 bridgehead atoms. The third-order valence-corrected chi connectivity index (χ3v) is 6.56. The lowest BCUT2D eigenvalue weighted by Crippen LogP contribution is -2.37. The van der Waals surface area contributed by atoms with Gasteiger partial charge in [0.25, 0.3) is 0 Å². The van der Waals surface area contributed by atoms with Crippen LogP contribution in [0.1, 0.15) is 5.56 Å². The van der Waals surface area contributed by atoms with Crippen LogP contribution in [0.5, 0.6) is 0 Å². The van der Waals surface area contributed by atoms with Crippen LogP contribution in [0.4, 0.5) is 0 Å². The molecule has 0 saturated carbocycles. The third-order valence-electron chi connectivity index (χ3n) is 3.73. The highest BCUT2D eigenvalue weighted by Gasteiger charge is 2.32. The number of amides is 1. The summed E-state index contributed by atoms with van der Waals surface area (Å²) < 4.78 is 0. The average molecular weight is 308 g/mol. The van der Waals surface area contributed by atoms with E-state index in [9.17, 15) is 4.79 Å². The van der Waals surface area contributed by atoms with Gasteiger partial charge in [-0.05, 0) is 12.0 Å². The van der Waals surface area contributed by atoms with Crippen LogP contribution in [0, 0.1) is 0 Å². The summed E-state index contributed by atoms with van der Waals surface area (Å²) in [7, 11) is 0. The molecule has 2 atom stereocenters. The standard InChI is InChI=1S/C15H20N2OS2/c18-15-14(8-12-4-2-1-3-5-12)16-11-17(15)9-13-10-19-6-7-20-13/h1-5,13-14,16H,6-11H2. The number of thioether (sulfide) groups is 2. The molecular formula is C15H20N2OS2. The van der Waals surface area contributed by atoms with Crippen molar-refractivity contribution >= 4 is 29.4 Å². The number of benzene rings is 1. The van der Waals surface area contributed by atoms with Gasteiger partial charge in [-0.2, -0.15) is 23.5 Å². The molecule has 2 saturated heterocycles. The molecule has 2 unspecified atom stereocenters. The van der Waals surface area contributed by atoms with Gasteiger partial charge in [0.05, 0.1) is 12.7 Å². The minimum atomic E-state index is -0.0429. The fraction of sp³-hybridized carbons (Fsp3) is 0.533. The highest BCUT2D eigenvalue weighted by Crippen LogP contribution is 2.25. The van der Waals surface area contributed by atoms with Crippen LogP contribution in [0.3, 0.4) is 0 Å². The third kappa shape index (κ3) is 3.51. The molecule has 0 aliphatic carbocycles. The van der Waals surface area contributed by atoms with E-state index in [1.807, 2.05) is 46.6 Å². The summed E-state index contributed by atoms with van der Waals surface area (Å²) in [6.45, 7) is 1.60. The van der Waals surface area contributed by atoms with Crippen molar-refractivity contribution in [3.8, 4) is 0 Å². The van der Waals surface area contributed by atoms with E-state index in [-0.39, 0.29) is 11.9 Å². The van der Waals surface area contributed by atoms with Crippen molar-refractivity contribution in [2.75, 3.05) is 30.5 Å². The molecule has 2 heterocycles. The van der Waals surface area contributed by atoms with Crippen molar-refractivity contribution in [1.29, 1.82) is 0 Å². The largest absolute Gasteiger partial charge is 0.327 e. The Bertz CT molecular complexity index is 448. The lowest BCUT2D eigenvalue weighted by Gasteiger charge is -2.25. The molecule has 2 aliphatic heterocycles. The Balaban J connectivity index is 1.54. The molecule has 2 fully saturated rings. The fourth-order valence-corrected chi connectivity index (χ4v) is 5.34. The Morgan fingerprint density at radius 3 is 2.85 bits per heavy atom. The molecule has 0 aromatic heterocycles. The Morgan fingerprint density at radius 1 is 1.25 bits per heavy atom. The maximum Gasteiger partial charge on any atom is 0.241 e. The normalized spacial score (nSPS) is 27.0. The van der Waals surface area contributed by atoms with Crippen LogP contribution in [0.2, 0.25) is 0 Å². The molecule has 1 aromatic carbocycles. The van der Waals surface area contributed by atoms with E-state index in [1.165, 1.54) is 22.8 Å². The van der Waals surface area contributed by atoms with E-state index >= 15 is 0 Å². The second-order valence-corrected chi connectivity index (χ2v) is 7.79. The molecule has 1 N–H and O–H groups in total. The van der Waals surface area contributed by atoms with Crippen LogP contribution in [-0.2, 0) is 11.2 Å². The molecule has 5 heteroatoms. The number of carbonyl (C=O) groups excluding carboxylic acids is 1.